The van der Waals surface area contributed by atoms with Crippen molar-refractivity contribution in [2.45, 2.75) is 32.3 Å². The summed E-state index contributed by atoms with van der Waals surface area (Å²) >= 11 is 0. The number of hydrogen-bond acceptors (Lipinski definition) is 4. The maximum absolute atomic E-state index is 12.0. The second kappa shape index (κ2) is 5.82. The van der Waals surface area contributed by atoms with Gasteiger partial charge in [-0.1, -0.05) is 6.92 Å². The van der Waals surface area contributed by atoms with E-state index in [4.69, 9.17) is 9.15 Å². The van der Waals surface area contributed by atoms with Crippen molar-refractivity contribution in [2.75, 3.05) is 19.7 Å². The lowest BCUT2D eigenvalue weighted by Gasteiger charge is -2.32. The summed E-state index contributed by atoms with van der Waals surface area (Å²) < 4.78 is 10.7. The molecule has 1 atom stereocenters. The fourth-order valence-corrected chi connectivity index (χ4v) is 2.02. The Morgan fingerprint density at radius 2 is 2.59 bits per heavy atom. The Morgan fingerprint density at radius 3 is 3.29 bits per heavy atom. The zero-order valence-corrected chi connectivity index (χ0v) is 10.1. The van der Waals surface area contributed by atoms with Crippen LogP contribution >= 0.6 is 0 Å². The molecule has 1 fully saturated rings. The van der Waals surface area contributed by atoms with Crippen molar-refractivity contribution in [1.82, 2.24) is 9.88 Å². The van der Waals surface area contributed by atoms with Gasteiger partial charge in [-0.2, -0.15) is 0 Å². The number of ether oxygens (including phenoxy) is 1. The first-order valence-corrected chi connectivity index (χ1v) is 6.10. The quantitative estimate of drug-likeness (QED) is 0.801. The molecule has 0 spiro atoms. The summed E-state index contributed by atoms with van der Waals surface area (Å²) in [6, 6.07) is 0. The average Bonchev–Trinajstić information content (AvgIpc) is 2.89. The highest BCUT2D eigenvalue weighted by Crippen LogP contribution is 2.16. The van der Waals surface area contributed by atoms with Crippen LogP contribution in [0.25, 0.3) is 0 Å². The van der Waals surface area contributed by atoms with Gasteiger partial charge in [-0.25, -0.2) is 4.98 Å². The smallest absolute Gasteiger partial charge is 0.291 e. The molecular weight excluding hydrogens is 220 g/mol. The van der Waals surface area contributed by atoms with Crippen LogP contribution in [-0.2, 0) is 4.74 Å². The summed E-state index contributed by atoms with van der Waals surface area (Å²) in [5.74, 6) is 0.216. The summed E-state index contributed by atoms with van der Waals surface area (Å²) in [5.41, 5.74) is 0. The molecule has 0 aliphatic carbocycles. The van der Waals surface area contributed by atoms with Crippen molar-refractivity contribution < 1.29 is 13.9 Å². The van der Waals surface area contributed by atoms with E-state index < -0.39 is 0 Å². The van der Waals surface area contributed by atoms with Crippen molar-refractivity contribution in [3.63, 3.8) is 0 Å². The Balaban J connectivity index is 1.90. The lowest BCUT2D eigenvalue weighted by molar-refractivity contribution is 0.00115. The molecule has 0 bridgehead atoms. The van der Waals surface area contributed by atoms with E-state index in [0.717, 1.165) is 32.4 Å². The van der Waals surface area contributed by atoms with Crippen LogP contribution in [0.4, 0.5) is 0 Å². The first-order chi connectivity index (χ1) is 8.31. The zero-order chi connectivity index (χ0) is 12.1. The number of likely N-dealkylation sites (tertiary alicyclic amines) is 1. The highest BCUT2D eigenvalue weighted by Gasteiger charge is 2.26. The summed E-state index contributed by atoms with van der Waals surface area (Å²) in [4.78, 5) is 17.6. The number of carbonyl (C=O) groups excluding carboxylic acids is 1. The van der Waals surface area contributed by atoms with Gasteiger partial charge in [0.25, 0.3) is 5.91 Å². The van der Waals surface area contributed by atoms with Gasteiger partial charge < -0.3 is 14.1 Å². The van der Waals surface area contributed by atoms with Crippen molar-refractivity contribution in [3.05, 3.63) is 18.4 Å². The first kappa shape index (κ1) is 12.1. The Kier molecular flexibility index (Phi) is 4.14. The minimum Gasteiger partial charge on any atom is -0.438 e. The van der Waals surface area contributed by atoms with E-state index in [1.807, 2.05) is 0 Å². The number of rotatable bonds is 4. The highest BCUT2D eigenvalue weighted by atomic mass is 16.5. The standard InChI is InChI=1S/C12H18N2O3/c1-2-6-16-10-4-3-5-14(8-10)12(15)11-7-13-9-17-11/h7,9-10H,2-6,8H2,1H3. The number of piperidine rings is 1. The number of amides is 1. The van der Waals surface area contributed by atoms with Gasteiger partial charge in [-0.05, 0) is 19.3 Å². The van der Waals surface area contributed by atoms with E-state index in [1.165, 1.54) is 12.6 Å². The SMILES string of the molecule is CCCOC1CCCN(C(=O)c2cnco2)C1. The Bertz CT molecular complexity index is 351. The first-order valence-electron chi connectivity index (χ1n) is 6.10. The van der Waals surface area contributed by atoms with Gasteiger partial charge in [0.2, 0.25) is 5.76 Å². The maximum atomic E-state index is 12.0. The summed E-state index contributed by atoms with van der Waals surface area (Å²) in [6.45, 7) is 4.26. The third-order valence-electron chi connectivity index (χ3n) is 2.87. The van der Waals surface area contributed by atoms with E-state index in [9.17, 15) is 4.79 Å². The third-order valence-corrected chi connectivity index (χ3v) is 2.87. The second-order valence-corrected chi connectivity index (χ2v) is 4.25. The van der Waals surface area contributed by atoms with Crippen molar-refractivity contribution in [2.24, 2.45) is 0 Å². The van der Waals surface area contributed by atoms with Crippen LogP contribution in [-0.4, -0.2) is 41.6 Å². The Morgan fingerprint density at radius 1 is 1.71 bits per heavy atom. The fourth-order valence-electron chi connectivity index (χ4n) is 2.02. The van der Waals surface area contributed by atoms with Crippen LogP contribution in [0.2, 0.25) is 0 Å². The van der Waals surface area contributed by atoms with Gasteiger partial charge in [0.15, 0.2) is 6.39 Å². The van der Waals surface area contributed by atoms with Crippen LogP contribution in [0.5, 0.6) is 0 Å². The summed E-state index contributed by atoms with van der Waals surface area (Å²) in [5, 5.41) is 0. The minimum atomic E-state index is -0.0905. The molecule has 2 rings (SSSR count). The molecule has 0 aromatic carbocycles. The van der Waals surface area contributed by atoms with Gasteiger partial charge in [-0.3, -0.25) is 4.79 Å². The van der Waals surface area contributed by atoms with E-state index in [-0.39, 0.29) is 12.0 Å². The number of nitrogens with zero attached hydrogens (tertiary/aromatic N) is 2. The molecule has 5 nitrogen and oxygen atoms in total. The lowest BCUT2D eigenvalue weighted by atomic mass is 10.1. The summed E-state index contributed by atoms with van der Waals surface area (Å²) in [7, 11) is 0. The lowest BCUT2D eigenvalue weighted by Crippen LogP contribution is -2.43. The van der Waals surface area contributed by atoms with Gasteiger partial charge >= 0.3 is 0 Å². The van der Waals surface area contributed by atoms with Crippen molar-refractivity contribution >= 4 is 5.91 Å². The molecule has 1 aromatic heterocycles. The predicted octanol–water partition coefficient (Wildman–Crippen LogP) is 1.71. The number of carbonyl (C=O) groups is 1. The molecule has 17 heavy (non-hydrogen) atoms. The Labute approximate surface area is 101 Å². The predicted molar refractivity (Wildman–Crippen MR) is 61.7 cm³/mol. The molecule has 0 saturated carbocycles. The van der Waals surface area contributed by atoms with Crippen LogP contribution in [0, 0.1) is 0 Å². The molecule has 94 valence electrons. The zero-order valence-electron chi connectivity index (χ0n) is 10.1. The van der Waals surface area contributed by atoms with E-state index >= 15 is 0 Å². The normalized spacial score (nSPS) is 20.5. The second-order valence-electron chi connectivity index (χ2n) is 4.25. The molecule has 5 heteroatoms. The monoisotopic (exact) mass is 238 g/mol. The molecule has 2 heterocycles. The Hall–Kier alpha value is -1.36. The molecule has 0 N–H and O–H groups in total. The van der Waals surface area contributed by atoms with Crippen LogP contribution in [0.1, 0.15) is 36.7 Å². The molecule has 1 amide bonds. The van der Waals surface area contributed by atoms with Gasteiger partial charge in [-0.15, -0.1) is 0 Å². The largest absolute Gasteiger partial charge is 0.438 e. The van der Waals surface area contributed by atoms with Gasteiger partial charge in [0.05, 0.1) is 12.3 Å². The van der Waals surface area contributed by atoms with Crippen molar-refractivity contribution in [1.29, 1.82) is 0 Å². The van der Waals surface area contributed by atoms with E-state index in [0.29, 0.717) is 12.3 Å². The minimum absolute atomic E-state index is 0.0905. The van der Waals surface area contributed by atoms with Gasteiger partial charge in [0, 0.05) is 19.7 Å². The molecule has 1 saturated heterocycles. The van der Waals surface area contributed by atoms with Crippen LogP contribution in [0.15, 0.2) is 17.0 Å². The van der Waals surface area contributed by atoms with Crippen LogP contribution in [0.3, 0.4) is 0 Å². The highest BCUT2D eigenvalue weighted by molar-refractivity contribution is 5.91. The molecule has 0 radical (unpaired) electrons. The molecular formula is C12H18N2O3. The molecule has 1 aliphatic heterocycles. The summed E-state index contributed by atoms with van der Waals surface area (Å²) in [6.07, 6.45) is 5.91. The maximum Gasteiger partial charge on any atom is 0.291 e. The van der Waals surface area contributed by atoms with Crippen molar-refractivity contribution in [3.8, 4) is 0 Å². The number of aromatic nitrogens is 1. The topological polar surface area (TPSA) is 55.6 Å². The molecule has 1 aromatic rings. The third kappa shape index (κ3) is 3.06. The molecule has 1 aliphatic rings. The van der Waals surface area contributed by atoms with Gasteiger partial charge in [0.1, 0.15) is 0 Å². The average molecular weight is 238 g/mol. The fraction of sp³-hybridized carbons (Fsp3) is 0.667. The van der Waals surface area contributed by atoms with Crippen LogP contribution < -0.4 is 0 Å². The van der Waals surface area contributed by atoms with E-state index in [2.05, 4.69) is 11.9 Å². The molecule has 1 unspecified atom stereocenters. The number of oxazole rings is 1. The number of hydrogen-bond donors (Lipinski definition) is 0. The van der Waals surface area contributed by atoms with E-state index in [1.54, 1.807) is 4.90 Å².